The largest absolute Gasteiger partial charge is 0.456 e. The predicted molar refractivity (Wildman–Crippen MR) is 331 cm³/mol. The molecule has 2 unspecified atom stereocenters. The summed E-state index contributed by atoms with van der Waals surface area (Å²) in [6.45, 7) is 0. The van der Waals surface area contributed by atoms with Crippen LogP contribution in [0.1, 0.15) is 22.6 Å². The molecule has 3 heteroatoms. The fourth-order valence-corrected chi connectivity index (χ4v) is 13.9. The van der Waals surface area contributed by atoms with Crippen molar-refractivity contribution in [1.82, 2.24) is 9.13 Å². The smallest absolute Gasteiger partial charge is 0.136 e. The quantitative estimate of drug-likeness (QED) is 0.152. The monoisotopic (exact) mass is 1000 g/mol. The molecule has 3 heterocycles. The van der Waals surface area contributed by atoms with Gasteiger partial charge in [0.1, 0.15) is 11.2 Å². The van der Waals surface area contributed by atoms with Gasteiger partial charge in [0.25, 0.3) is 0 Å². The molecule has 3 aromatic heterocycles. The molecule has 0 fully saturated rings. The van der Waals surface area contributed by atoms with E-state index >= 15 is 0 Å². The van der Waals surface area contributed by atoms with E-state index in [1.165, 1.54) is 127 Å². The molecule has 15 aromatic rings. The van der Waals surface area contributed by atoms with Crippen molar-refractivity contribution in [1.29, 1.82) is 0 Å². The van der Waals surface area contributed by atoms with Crippen LogP contribution in [0.25, 0.3) is 132 Å². The third kappa shape index (κ3) is 6.54. The summed E-state index contributed by atoms with van der Waals surface area (Å²) in [5, 5.41) is 12.0. The summed E-state index contributed by atoms with van der Waals surface area (Å²) in [6, 6.07) is 94.0. The highest BCUT2D eigenvalue weighted by molar-refractivity contribution is 6.22. The Balaban J connectivity index is 0.805. The first-order chi connectivity index (χ1) is 39.2. The van der Waals surface area contributed by atoms with Crippen LogP contribution in [0.3, 0.4) is 0 Å². The molecular formula is C76H48N2O. The molecule has 2 atom stereocenters. The van der Waals surface area contributed by atoms with Crippen LogP contribution in [-0.4, -0.2) is 9.13 Å². The van der Waals surface area contributed by atoms with E-state index in [0.29, 0.717) is 0 Å². The molecule has 0 aliphatic heterocycles. The second-order valence-corrected chi connectivity index (χ2v) is 21.4. The Morgan fingerprint density at radius 1 is 0.329 bits per heavy atom. The van der Waals surface area contributed by atoms with Gasteiger partial charge in [-0.2, -0.15) is 0 Å². The van der Waals surface area contributed by atoms with Crippen LogP contribution < -0.4 is 0 Å². The standard InChI is InChI=1S/C76H48N2O/c1-3-19-47(20-4-1)49-36-40-69-64(43-49)53-23-15-17-33-67(53)77(69)75-60-29-11-7-25-56(60)73(57-26-8-12-30-61(57)75)51-38-42-71-66(45-51)55-39-35-52(46-72(55)79-71)74-58-27-9-13-31-62(58)76(63-32-14-10-28-59(63)74)78-68-34-18-16-24-54(68)65-44-50(37-41-70(65)78)48-21-5-2-6-22-48/h1-46,56,73H. The summed E-state index contributed by atoms with van der Waals surface area (Å²) in [5.74, 6) is 0.190. The van der Waals surface area contributed by atoms with Gasteiger partial charge in [-0.1, -0.05) is 218 Å². The van der Waals surface area contributed by atoms with Crippen LogP contribution in [0.4, 0.5) is 0 Å². The molecule has 17 rings (SSSR count). The van der Waals surface area contributed by atoms with Crippen LogP contribution >= 0.6 is 0 Å². The van der Waals surface area contributed by atoms with E-state index in [1.54, 1.807) is 0 Å². The van der Waals surface area contributed by atoms with E-state index in [-0.39, 0.29) is 11.8 Å². The minimum Gasteiger partial charge on any atom is -0.456 e. The average Bonchev–Trinajstić information content (AvgIpc) is 4.21. The molecular weight excluding hydrogens is 957 g/mol. The zero-order valence-corrected chi connectivity index (χ0v) is 43.0. The highest BCUT2D eigenvalue weighted by Gasteiger charge is 2.37. The maximum absolute atomic E-state index is 6.92. The van der Waals surface area contributed by atoms with Crippen molar-refractivity contribution in [2.45, 2.75) is 5.92 Å². The maximum Gasteiger partial charge on any atom is 0.136 e. The van der Waals surface area contributed by atoms with Gasteiger partial charge in [0, 0.05) is 60.5 Å². The van der Waals surface area contributed by atoms with E-state index in [2.05, 4.69) is 288 Å². The molecule has 2 aliphatic rings. The van der Waals surface area contributed by atoms with E-state index in [1.807, 2.05) is 0 Å². The Hall–Kier alpha value is -10.2. The first-order valence-corrected chi connectivity index (χ1v) is 27.5. The number of hydrogen-bond donors (Lipinski definition) is 0. The van der Waals surface area contributed by atoms with Gasteiger partial charge in [0.05, 0.1) is 33.5 Å². The molecule has 368 valence electrons. The summed E-state index contributed by atoms with van der Waals surface area (Å²) in [7, 11) is 0. The zero-order valence-electron chi connectivity index (χ0n) is 43.0. The van der Waals surface area contributed by atoms with Gasteiger partial charge in [-0.25, -0.2) is 0 Å². The number of para-hydroxylation sites is 2. The molecule has 0 saturated heterocycles. The van der Waals surface area contributed by atoms with Gasteiger partial charge in [-0.15, -0.1) is 0 Å². The molecule has 0 bridgehead atoms. The molecule has 12 aromatic carbocycles. The van der Waals surface area contributed by atoms with Crippen molar-refractivity contribution >= 4 is 92.8 Å². The van der Waals surface area contributed by atoms with Crippen molar-refractivity contribution in [2.24, 2.45) is 5.92 Å². The lowest BCUT2D eigenvalue weighted by Gasteiger charge is -2.37. The molecule has 0 amide bonds. The number of aromatic nitrogens is 2. The van der Waals surface area contributed by atoms with Gasteiger partial charge in [0.15, 0.2) is 0 Å². The minimum absolute atomic E-state index is 0.0826. The van der Waals surface area contributed by atoms with Gasteiger partial charge < -0.3 is 13.6 Å². The SMILES string of the molecule is C1=CC2=C(n3c4ccccc4c4cc(-c5ccccc5)ccc43)c3ccccc3C(c3ccc4oc5cc(-c6c7ccccc7c(-n7c8ccccc8c8cc(-c9ccccc9)ccc87)c7ccccc67)ccc5c4c3)C2C=C1. The van der Waals surface area contributed by atoms with Gasteiger partial charge in [0.2, 0.25) is 0 Å². The Bertz CT molecular complexity index is 5080. The summed E-state index contributed by atoms with van der Waals surface area (Å²) in [4.78, 5) is 0. The van der Waals surface area contributed by atoms with Crippen molar-refractivity contribution < 1.29 is 4.42 Å². The second-order valence-electron chi connectivity index (χ2n) is 21.4. The average molecular weight is 1010 g/mol. The Morgan fingerprint density at radius 2 is 0.873 bits per heavy atom. The first kappa shape index (κ1) is 44.0. The van der Waals surface area contributed by atoms with Crippen LogP contribution in [0, 0.1) is 5.92 Å². The fraction of sp³-hybridized carbons (Fsp3) is 0.0263. The summed E-state index contributed by atoms with van der Waals surface area (Å²) in [6.07, 6.45) is 9.24. The summed E-state index contributed by atoms with van der Waals surface area (Å²) < 4.78 is 12.0. The van der Waals surface area contributed by atoms with E-state index in [9.17, 15) is 0 Å². The third-order valence-electron chi connectivity index (χ3n) is 17.3. The topological polar surface area (TPSA) is 23.0 Å². The number of furan rings is 1. The van der Waals surface area contributed by atoms with E-state index in [4.69, 9.17) is 4.42 Å². The lowest BCUT2D eigenvalue weighted by molar-refractivity contribution is 0.643. The van der Waals surface area contributed by atoms with Gasteiger partial charge in [-0.3, -0.25) is 0 Å². The van der Waals surface area contributed by atoms with Crippen LogP contribution in [0.2, 0.25) is 0 Å². The predicted octanol–water partition coefficient (Wildman–Crippen LogP) is 20.2. The minimum atomic E-state index is 0.0826. The Kier molecular flexibility index (Phi) is 9.54. The van der Waals surface area contributed by atoms with Crippen molar-refractivity contribution in [3.63, 3.8) is 0 Å². The van der Waals surface area contributed by atoms with E-state index in [0.717, 1.165) is 27.5 Å². The van der Waals surface area contributed by atoms with Crippen molar-refractivity contribution in [3.05, 3.63) is 301 Å². The second kappa shape index (κ2) is 17.1. The molecule has 0 N–H and O–H groups in total. The summed E-state index contributed by atoms with van der Waals surface area (Å²) in [5.41, 5.74) is 21.4. The number of hydrogen-bond acceptors (Lipinski definition) is 1. The number of rotatable bonds is 6. The Morgan fingerprint density at radius 3 is 1.54 bits per heavy atom. The van der Waals surface area contributed by atoms with Crippen molar-refractivity contribution in [3.8, 4) is 39.1 Å². The molecule has 0 saturated carbocycles. The molecule has 0 radical (unpaired) electrons. The number of benzene rings is 12. The first-order valence-electron chi connectivity index (χ1n) is 27.5. The lowest BCUT2D eigenvalue weighted by Crippen LogP contribution is -2.24. The molecule has 79 heavy (non-hydrogen) atoms. The maximum atomic E-state index is 6.92. The van der Waals surface area contributed by atoms with Crippen LogP contribution in [0.15, 0.2) is 289 Å². The van der Waals surface area contributed by atoms with Crippen LogP contribution in [0.5, 0.6) is 0 Å². The number of fused-ring (bicyclic) bond motifs is 13. The lowest BCUT2D eigenvalue weighted by atomic mass is 9.69. The van der Waals surface area contributed by atoms with Gasteiger partial charge >= 0.3 is 0 Å². The van der Waals surface area contributed by atoms with Gasteiger partial charge in [-0.05, 0) is 122 Å². The molecule has 3 nitrogen and oxygen atoms in total. The number of nitrogens with zero attached hydrogens (tertiary/aromatic N) is 2. The normalized spacial score (nSPS) is 15.2. The van der Waals surface area contributed by atoms with E-state index < -0.39 is 0 Å². The van der Waals surface area contributed by atoms with Crippen molar-refractivity contribution in [2.75, 3.05) is 0 Å². The molecule has 0 spiro atoms. The summed E-state index contributed by atoms with van der Waals surface area (Å²) >= 11 is 0. The van der Waals surface area contributed by atoms with Crippen LogP contribution in [-0.2, 0) is 0 Å². The number of allylic oxidation sites excluding steroid dienone is 5. The Labute approximate surface area is 456 Å². The highest BCUT2D eigenvalue weighted by Crippen LogP contribution is 2.52. The molecule has 2 aliphatic carbocycles. The third-order valence-corrected chi connectivity index (χ3v) is 17.3. The fourth-order valence-electron chi connectivity index (χ4n) is 13.9. The highest BCUT2D eigenvalue weighted by atomic mass is 16.3. The zero-order chi connectivity index (χ0) is 51.7.